The number of nitrogens with two attached hydrogens (primary N) is 1. The van der Waals surface area contributed by atoms with E-state index in [1.807, 2.05) is 0 Å². The van der Waals surface area contributed by atoms with E-state index in [9.17, 15) is 4.39 Å². The summed E-state index contributed by atoms with van der Waals surface area (Å²) >= 11 is 1.06. The summed E-state index contributed by atoms with van der Waals surface area (Å²) in [5.74, 6) is 5.36. The van der Waals surface area contributed by atoms with Crippen molar-refractivity contribution in [3.05, 3.63) is 42.7 Å². The molecule has 0 unspecified atom stereocenters. The molecule has 0 saturated heterocycles. The van der Waals surface area contributed by atoms with Crippen LogP contribution in [0.2, 0.25) is 0 Å². The fourth-order valence-corrected chi connectivity index (χ4v) is 2.26. The van der Waals surface area contributed by atoms with Gasteiger partial charge in [0.1, 0.15) is 18.5 Å². The number of halogens is 1. The number of nitrogens with zero attached hydrogens (tertiary/aromatic N) is 6. The molecule has 0 amide bonds. The summed E-state index contributed by atoms with van der Waals surface area (Å²) in [7, 11) is 0. The van der Waals surface area contributed by atoms with Gasteiger partial charge in [0.2, 0.25) is 5.95 Å². The lowest BCUT2D eigenvalue weighted by molar-refractivity contribution is 0.601. The van der Waals surface area contributed by atoms with Gasteiger partial charge in [0.15, 0.2) is 5.16 Å². The van der Waals surface area contributed by atoms with E-state index in [-0.39, 0.29) is 22.9 Å². The van der Waals surface area contributed by atoms with Crippen molar-refractivity contribution < 1.29 is 4.39 Å². The molecule has 0 bridgehead atoms. The molecule has 106 valence electrons. The fourth-order valence-electron chi connectivity index (χ4n) is 1.50. The Labute approximate surface area is 122 Å². The van der Waals surface area contributed by atoms with Crippen LogP contribution in [-0.2, 0) is 0 Å². The maximum atomic E-state index is 13.7. The fraction of sp³-hybridized carbons (Fsp3) is 0. The largest absolute Gasteiger partial charge is 0.292 e. The van der Waals surface area contributed by atoms with Crippen LogP contribution in [0, 0.1) is 5.82 Å². The Balaban J connectivity index is 1.99. The van der Waals surface area contributed by atoms with E-state index < -0.39 is 0 Å². The van der Waals surface area contributed by atoms with Crippen molar-refractivity contribution in [2.45, 2.75) is 10.1 Å². The van der Waals surface area contributed by atoms with Gasteiger partial charge in [0.05, 0.1) is 4.90 Å². The molecule has 3 N–H and O–H groups in total. The van der Waals surface area contributed by atoms with Gasteiger partial charge in [-0.05, 0) is 23.9 Å². The van der Waals surface area contributed by atoms with Gasteiger partial charge in [-0.25, -0.2) is 15.2 Å². The predicted octanol–water partition coefficient (Wildman–Crippen LogP) is 1.03. The Bertz CT molecular complexity index is 748. The van der Waals surface area contributed by atoms with Gasteiger partial charge in [0, 0.05) is 0 Å². The number of hydrogen-bond donors (Lipinski definition) is 2. The second kappa shape index (κ2) is 5.81. The zero-order chi connectivity index (χ0) is 14.7. The first-order valence-corrected chi connectivity index (χ1v) is 6.58. The summed E-state index contributed by atoms with van der Waals surface area (Å²) in [6.45, 7) is 0. The monoisotopic (exact) mass is 304 g/mol. The highest BCUT2D eigenvalue weighted by atomic mass is 32.2. The number of nitrogens with one attached hydrogen (secondary N) is 1. The lowest BCUT2D eigenvalue weighted by Gasteiger charge is -2.06. The highest BCUT2D eigenvalue weighted by Crippen LogP contribution is 2.27. The first-order valence-electron chi connectivity index (χ1n) is 5.76. The average molecular weight is 304 g/mol. The Morgan fingerprint density at radius 3 is 2.76 bits per heavy atom. The Morgan fingerprint density at radius 1 is 1.19 bits per heavy atom. The van der Waals surface area contributed by atoms with Crippen molar-refractivity contribution >= 4 is 17.7 Å². The molecule has 2 aromatic heterocycles. The summed E-state index contributed by atoms with van der Waals surface area (Å²) < 4.78 is 15.0. The topological polar surface area (TPSA) is 107 Å². The first kappa shape index (κ1) is 13.4. The van der Waals surface area contributed by atoms with Gasteiger partial charge in [0.25, 0.3) is 5.95 Å². The summed E-state index contributed by atoms with van der Waals surface area (Å²) in [4.78, 5) is 16.5. The molecule has 2 heterocycles. The summed E-state index contributed by atoms with van der Waals surface area (Å²) in [6, 6.07) is 6.34. The summed E-state index contributed by atoms with van der Waals surface area (Å²) in [5.41, 5.74) is 2.34. The van der Waals surface area contributed by atoms with Crippen LogP contribution in [0.4, 0.5) is 10.3 Å². The SMILES string of the molecule is NNc1nc(Sc2ccccc2F)nc(-n2cncn2)n1. The minimum absolute atomic E-state index is 0.148. The quantitative estimate of drug-likeness (QED) is 0.543. The molecular weight excluding hydrogens is 295 g/mol. The molecule has 1 aromatic carbocycles. The van der Waals surface area contributed by atoms with E-state index in [1.54, 1.807) is 18.2 Å². The maximum absolute atomic E-state index is 13.7. The number of nitrogen functional groups attached to an aromatic ring is 1. The molecule has 0 aliphatic heterocycles. The third-order valence-corrected chi connectivity index (χ3v) is 3.31. The molecule has 3 rings (SSSR count). The second-order valence-corrected chi connectivity index (χ2v) is 4.77. The molecule has 0 aliphatic rings. The number of aromatic nitrogens is 6. The molecule has 0 aliphatic carbocycles. The second-order valence-electron chi connectivity index (χ2n) is 3.76. The molecular formula is C11H9FN8S. The van der Waals surface area contributed by atoms with Crippen LogP contribution in [0.5, 0.6) is 0 Å². The molecule has 0 radical (unpaired) electrons. The highest BCUT2D eigenvalue weighted by molar-refractivity contribution is 7.99. The van der Waals surface area contributed by atoms with E-state index in [0.29, 0.717) is 4.90 Å². The number of hydrogen-bond acceptors (Lipinski definition) is 8. The minimum atomic E-state index is -0.354. The molecule has 0 saturated carbocycles. The van der Waals surface area contributed by atoms with Gasteiger partial charge in [-0.3, -0.25) is 5.43 Å². The lowest BCUT2D eigenvalue weighted by atomic mass is 10.4. The van der Waals surface area contributed by atoms with Crippen molar-refractivity contribution in [2.24, 2.45) is 5.84 Å². The lowest BCUT2D eigenvalue weighted by Crippen LogP contribution is -2.14. The van der Waals surface area contributed by atoms with Gasteiger partial charge in [-0.1, -0.05) is 12.1 Å². The van der Waals surface area contributed by atoms with Gasteiger partial charge in [-0.2, -0.15) is 24.7 Å². The zero-order valence-electron chi connectivity index (χ0n) is 10.5. The van der Waals surface area contributed by atoms with Crippen molar-refractivity contribution in [1.29, 1.82) is 0 Å². The maximum Gasteiger partial charge on any atom is 0.257 e. The van der Waals surface area contributed by atoms with Crippen LogP contribution in [0.25, 0.3) is 5.95 Å². The molecule has 0 atom stereocenters. The van der Waals surface area contributed by atoms with Gasteiger partial charge < -0.3 is 0 Å². The highest BCUT2D eigenvalue weighted by Gasteiger charge is 2.11. The van der Waals surface area contributed by atoms with Crippen molar-refractivity contribution in [3.63, 3.8) is 0 Å². The van der Waals surface area contributed by atoms with E-state index in [4.69, 9.17) is 5.84 Å². The number of hydrazine groups is 1. The molecule has 0 spiro atoms. The Morgan fingerprint density at radius 2 is 2.05 bits per heavy atom. The molecule has 10 heteroatoms. The summed E-state index contributed by atoms with van der Waals surface area (Å²) in [6.07, 6.45) is 2.79. The van der Waals surface area contributed by atoms with Crippen LogP contribution in [-0.4, -0.2) is 29.7 Å². The van der Waals surface area contributed by atoms with Crippen molar-refractivity contribution in [3.8, 4) is 5.95 Å². The van der Waals surface area contributed by atoms with Gasteiger partial charge in [-0.15, -0.1) is 0 Å². The normalized spacial score (nSPS) is 10.6. The molecule has 8 nitrogen and oxygen atoms in total. The average Bonchev–Trinajstić information content (AvgIpc) is 3.04. The van der Waals surface area contributed by atoms with Crippen LogP contribution >= 0.6 is 11.8 Å². The van der Waals surface area contributed by atoms with E-state index in [2.05, 4.69) is 30.5 Å². The zero-order valence-corrected chi connectivity index (χ0v) is 11.3. The van der Waals surface area contributed by atoms with E-state index >= 15 is 0 Å². The molecule has 0 fully saturated rings. The smallest absolute Gasteiger partial charge is 0.257 e. The molecule has 3 aromatic rings. The number of anilines is 1. The predicted molar refractivity (Wildman–Crippen MR) is 73.1 cm³/mol. The third-order valence-electron chi connectivity index (χ3n) is 2.39. The number of benzene rings is 1. The van der Waals surface area contributed by atoms with E-state index in [0.717, 1.165) is 11.8 Å². The third kappa shape index (κ3) is 2.95. The first-order chi connectivity index (χ1) is 10.3. The van der Waals surface area contributed by atoms with Crippen LogP contribution in [0.1, 0.15) is 0 Å². The van der Waals surface area contributed by atoms with Crippen molar-refractivity contribution in [2.75, 3.05) is 5.43 Å². The number of rotatable bonds is 4. The molecule has 21 heavy (non-hydrogen) atoms. The van der Waals surface area contributed by atoms with Gasteiger partial charge >= 0.3 is 0 Å². The van der Waals surface area contributed by atoms with Crippen LogP contribution in [0.15, 0.2) is 47.0 Å². The minimum Gasteiger partial charge on any atom is -0.292 e. The van der Waals surface area contributed by atoms with Crippen LogP contribution < -0.4 is 11.3 Å². The van der Waals surface area contributed by atoms with Crippen molar-refractivity contribution in [1.82, 2.24) is 29.7 Å². The van der Waals surface area contributed by atoms with Crippen LogP contribution in [0.3, 0.4) is 0 Å². The summed E-state index contributed by atoms with van der Waals surface area (Å²) in [5, 5.41) is 4.21. The Kier molecular flexibility index (Phi) is 3.71. The Hall–Kier alpha value is -2.59. The standard InChI is InChI=1S/C11H9FN8S/c12-7-3-1-2-4-8(7)21-11-17-9(19-13)16-10(18-11)20-6-14-5-15-20/h1-6H,13H2,(H,16,17,18,19). The van der Waals surface area contributed by atoms with E-state index in [1.165, 1.54) is 23.4 Å².